The van der Waals surface area contributed by atoms with E-state index in [0.29, 0.717) is 16.5 Å². The van der Waals surface area contributed by atoms with E-state index in [1.807, 2.05) is 0 Å². The Morgan fingerprint density at radius 2 is 2.17 bits per heavy atom. The minimum Gasteiger partial charge on any atom is -0.487 e. The summed E-state index contributed by atoms with van der Waals surface area (Å²) < 4.78 is 5.77. The van der Waals surface area contributed by atoms with Crippen LogP contribution in [0.3, 0.4) is 0 Å². The highest BCUT2D eigenvalue weighted by molar-refractivity contribution is 5.94. The largest absolute Gasteiger partial charge is 0.487 e. The van der Waals surface area contributed by atoms with Crippen molar-refractivity contribution in [1.29, 1.82) is 0 Å². The van der Waals surface area contributed by atoms with Gasteiger partial charge in [-0.05, 0) is 12.1 Å². The molecule has 0 unspecified atom stereocenters. The molecule has 6 heteroatoms. The Labute approximate surface area is 103 Å². The first-order chi connectivity index (χ1) is 8.75. The first-order valence-electron chi connectivity index (χ1n) is 5.64. The van der Waals surface area contributed by atoms with Gasteiger partial charge in [0.15, 0.2) is 0 Å². The zero-order valence-electron chi connectivity index (χ0n) is 9.50. The lowest BCUT2D eigenvalue weighted by molar-refractivity contribution is -0.383. The summed E-state index contributed by atoms with van der Waals surface area (Å²) in [5.41, 5.74) is 0.0754. The van der Waals surface area contributed by atoms with Gasteiger partial charge >= 0.3 is 0 Å². The lowest BCUT2D eigenvalue weighted by Gasteiger charge is -2.28. The van der Waals surface area contributed by atoms with E-state index in [2.05, 4.69) is 10.3 Å². The van der Waals surface area contributed by atoms with E-state index in [9.17, 15) is 10.1 Å². The predicted molar refractivity (Wildman–Crippen MR) is 65.7 cm³/mol. The van der Waals surface area contributed by atoms with Crippen molar-refractivity contribution in [3.63, 3.8) is 0 Å². The van der Waals surface area contributed by atoms with Crippen molar-refractivity contribution in [3.8, 4) is 5.75 Å². The summed E-state index contributed by atoms with van der Waals surface area (Å²) in [5, 5.41) is 15.3. The molecular formula is C12H11N3O3. The lowest BCUT2D eigenvalue weighted by atomic mass is 10.1. The summed E-state index contributed by atoms with van der Waals surface area (Å²) in [7, 11) is 0. The Balaban J connectivity index is 2.10. The molecule has 1 aromatic heterocycles. The zero-order chi connectivity index (χ0) is 12.5. The first kappa shape index (κ1) is 10.9. The molecule has 1 aliphatic rings. The molecule has 2 heterocycles. The van der Waals surface area contributed by atoms with Crippen molar-refractivity contribution in [3.05, 3.63) is 40.7 Å². The van der Waals surface area contributed by atoms with Gasteiger partial charge < -0.3 is 10.1 Å². The van der Waals surface area contributed by atoms with Crippen LogP contribution in [0.5, 0.6) is 5.75 Å². The van der Waals surface area contributed by atoms with Crippen LogP contribution in [0, 0.1) is 10.1 Å². The Bertz CT molecular complexity index is 611. The van der Waals surface area contributed by atoms with Crippen LogP contribution in [0.15, 0.2) is 30.6 Å². The predicted octanol–water partition coefficient (Wildman–Crippen LogP) is 1.49. The molecule has 0 bridgehead atoms. The summed E-state index contributed by atoms with van der Waals surface area (Å²) in [6.07, 6.45) is 3.28. The number of aromatic nitrogens is 1. The van der Waals surface area contributed by atoms with Crippen molar-refractivity contribution in [2.75, 3.05) is 13.1 Å². The van der Waals surface area contributed by atoms with E-state index < -0.39 is 4.92 Å². The molecule has 0 amide bonds. The molecule has 2 aromatic rings. The Kier molecular flexibility index (Phi) is 2.56. The Morgan fingerprint density at radius 1 is 1.33 bits per heavy atom. The van der Waals surface area contributed by atoms with Gasteiger partial charge in [0.2, 0.25) is 0 Å². The number of hydrogen-bond acceptors (Lipinski definition) is 5. The number of fused-ring (bicyclic) bond motifs is 1. The monoisotopic (exact) mass is 245 g/mol. The van der Waals surface area contributed by atoms with Crippen LogP contribution in [-0.4, -0.2) is 29.1 Å². The maximum atomic E-state index is 11.0. The number of benzene rings is 1. The van der Waals surface area contributed by atoms with Crippen LogP contribution < -0.4 is 10.1 Å². The highest BCUT2D eigenvalue weighted by Gasteiger charge is 2.21. The minimum absolute atomic E-state index is 0.0754. The fourth-order valence-electron chi connectivity index (χ4n) is 1.94. The Morgan fingerprint density at radius 3 is 2.83 bits per heavy atom. The number of nitro benzene ring substituents is 1. The van der Waals surface area contributed by atoms with E-state index >= 15 is 0 Å². The van der Waals surface area contributed by atoms with Crippen LogP contribution >= 0.6 is 0 Å². The Hall–Kier alpha value is -2.21. The first-order valence-corrected chi connectivity index (χ1v) is 5.64. The topological polar surface area (TPSA) is 77.3 Å². The third kappa shape index (κ3) is 1.76. The van der Waals surface area contributed by atoms with Crippen LogP contribution in [0.2, 0.25) is 0 Å². The summed E-state index contributed by atoms with van der Waals surface area (Å²) in [6.45, 7) is 1.61. The quantitative estimate of drug-likeness (QED) is 0.654. The van der Waals surface area contributed by atoms with Crippen molar-refractivity contribution in [2.45, 2.75) is 6.10 Å². The molecule has 1 saturated heterocycles. The minimum atomic E-state index is -0.392. The second-order valence-corrected chi connectivity index (χ2v) is 4.16. The van der Waals surface area contributed by atoms with Crippen LogP contribution in [0.25, 0.3) is 10.8 Å². The number of non-ortho nitro benzene ring substituents is 1. The molecule has 0 aliphatic carbocycles. The number of ether oxygens (including phenoxy) is 1. The van der Waals surface area contributed by atoms with Gasteiger partial charge in [-0.3, -0.25) is 15.1 Å². The van der Waals surface area contributed by atoms with E-state index in [0.717, 1.165) is 13.1 Å². The standard InChI is InChI=1S/C12H11N3O3/c16-15(17)11-1-2-12(18-8-5-14-6-8)10-7-13-4-3-9(10)11/h1-4,7-8,14H,5-6H2. The number of nitrogens with one attached hydrogen (secondary N) is 1. The molecule has 0 spiro atoms. The molecule has 1 N–H and O–H groups in total. The van der Waals surface area contributed by atoms with E-state index in [1.54, 1.807) is 24.5 Å². The zero-order valence-corrected chi connectivity index (χ0v) is 9.50. The highest BCUT2D eigenvalue weighted by atomic mass is 16.6. The van der Waals surface area contributed by atoms with E-state index in [-0.39, 0.29) is 11.8 Å². The maximum absolute atomic E-state index is 11.0. The van der Waals surface area contributed by atoms with Gasteiger partial charge in [0, 0.05) is 36.9 Å². The molecule has 1 aromatic carbocycles. The molecule has 6 nitrogen and oxygen atoms in total. The molecule has 0 atom stereocenters. The van der Waals surface area contributed by atoms with E-state index in [1.165, 1.54) is 6.07 Å². The van der Waals surface area contributed by atoms with Gasteiger partial charge in [-0.15, -0.1) is 0 Å². The van der Waals surface area contributed by atoms with Crippen LogP contribution in [0.1, 0.15) is 0 Å². The SMILES string of the molecule is O=[N+]([O-])c1ccc(OC2CNC2)c2cnccc12. The lowest BCUT2D eigenvalue weighted by Crippen LogP contribution is -2.50. The number of nitro groups is 1. The molecule has 3 rings (SSSR count). The van der Waals surface area contributed by atoms with Crippen molar-refractivity contribution in [1.82, 2.24) is 10.3 Å². The average molecular weight is 245 g/mol. The van der Waals surface area contributed by atoms with Crippen LogP contribution in [0.4, 0.5) is 5.69 Å². The molecule has 1 fully saturated rings. The van der Waals surface area contributed by atoms with Gasteiger partial charge in [-0.1, -0.05) is 0 Å². The third-order valence-corrected chi connectivity index (χ3v) is 2.99. The molecule has 0 radical (unpaired) electrons. The molecule has 18 heavy (non-hydrogen) atoms. The van der Waals surface area contributed by atoms with Crippen molar-refractivity contribution < 1.29 is 9.66 Å². The van der Waals surface area contributed by atoms with Crippen molar-refractivity contribution >= 4 is 16.5 Å². The summed E-state index contributed by atoms with van der Waals surface area (Å²) >= 11 is 0. The number of rotatable bonds is 3. The summed E-state index contributed by atoms with van der Waals surface area (Å²) in [6, 6.07) is 4.75. The summed E-state index contributed by atoms with van der Waals surface area (Å²) in [5.74, 6) is 0.648. The molecular weight excluding hydrogens is 234 g/mol. The smallest absolute Gasteiger partial charge is 0.277 e. The maximum Gasteiger partial charge on any atom is 0.277 e. The normalized spacial score (nSPS) is 15.3. The van der Waals surface area contributed by atoms with Gasteiger partial charge in [0.25, 0.3) is 5.69 Å². The molecule has 0 saturated carbocycles. The van der Waals surface area contributed by atoms with Gasteiger partial charge in [-0.2, -0.15) is 0 Å². The second kappa shape index (κ2) is 4.23. The molecule has 92 valence electrons. The average Bonchev–Trinajstić information content (AvgIpc) is 2.33. The number of hydrogen-bond donors (Lipinski definition) is 1. The fourth-order valence-corrected chi connectivity index (χ4v) is 1.94. The van der Waals surface area contributed by atoms with Gasteiger partial charge in [0.1, 0.15) is 11.9 Å². The molecule has 1 aliphatic heterocycles. The van der Waals surface area contributed by atoms with Crippen LogP contribution in [-0.2, 0) is 0 Å². The second-order valence-electron chi connectivity index (χ2n) is 4.16. The number of pyridine rings is 1. The van der Waals surface area contributed by atoms with Gasteiger partial charge in [0.05, 0.1) is 10.3 Å². The fraction of sp³-hybridized carbons (Fsp3) is 0.250. The summed E-state index contributed by atoms with van der Waals surface area (Å²) in [4.78, 5) is 14.6. The third-order valence-electron chi connectivity index (χ3n) is 2.99. The highest BCUT2D eigenvalue weighted by Crippen LogP contribution is 2.32. The van der Waals surface area contributed by atoms with Gasteiger partial charge in [-0.25, -0.2) is 0 Å². The number of nitrogens with zero attached hydrogens (tertiary/aromatic N) is 2. The van der Waals surface area contributed by atoms with E-state index in [4.69, 9.17) is 4.74 Å². The van der Waals surface area contributed by atoms with Crippen molar-refractivity contribution in [2.24, 2.45) is 0 Å².